The van der Waals surface area contributed by atoms with Gasteiger partial charge in [-0.05, 0) is 12.8 Å². The van der Waals surface area contributed by atoms with Gasteiger partial charge in [-0.15, -0.1) is 0 Å². The van der Waals surface area contributed by atoms with Gasteiger partial charge in [0, 0.05) is 12.2 Å². The molecule has 1 aliphatic rings. The van der Waals surface area contributed by atoms with Crippen LogP contribution in [0.15, 0.2) is 0 Å². The van der Waals surface area contributed by atoms with E-state index in [0.29, 0.717) is 12.2 Å². The van der Waals surface area contributed by atoms with E-state index in [0.717, 1.165) is 32.4 Å². The highest BCUT2D eigenvalue weighted by Crippen LogP contribution is 2.23. The molecule has 0 aliphatic carbocycles. The van der Waals surface area contributed by atoms with E-state index in [1.807, 2.05) is 0 Å². The SMILES string of the molecule is CCC1(OC(=O)CCS)CCC[NH2+]C1. The minimum Gasteiger partial charge on any atom is -0.453 e. The van der Waals surface area contributed by atoms with Crippen LogP contribution in [0.5, 0.6) is 0 Å². The summed E-state index contributed by atoms with van der Waals surface area (Å²) in [6, 6.07) is 0. The Kier molecular flexibility index (Phi) is 4.75. The number of ether oxygens (including phenoxy) is 1. The molecule has 1 rings (SSSR count). The molecule has 3 nitrogen and oxygen atoms in total. The highest BCUT2D eigenvalue weighted by molar-refractivity contribution is 7.80. The van der Waals surface area contributed by atoms with Crippen molar-refractivity contribution in [3.63, 3.8) is 0 Å². The van der Waals surface area contributed by atoms with Crippen LogP contribution in [-0.2, 0) is 9.53 Å². The van der Waals surface area contributed by atoms with Crippen LogP contribution in [0.3, 0.4) is 0 Å². The van der Waals surface area contributed by atoms with Crippen LogP contribution in [0.1, 0.15) is 32.6 Å². The van der Waals surface area contributed by atoms with Crippen molar-refractivity contribution in [2.75, 3.05) is 18.8 Å². The maximum atomic E-state index is 11.4. The van der Waals surface area contributed by atoms with Crippen molar-refractivity contribution in [1.29, 1.82) is 0 Å². The summed E-state index contributed by atoms with van der Waals surface area (Å²) in [4.78, 5) is 11.4. The highest BCUT2D eigenvalue weighted by atomic mass is 32.1. The monoisotopic (exact) mass is 218 g/mol. The molecule has 0 spiro atoms. The van der Waals surface area contributed by atoms with Gasteiger partial charge in [-0.3, -0.25) is 4.79 Å². The number of thiol groups is 1. The molecular formula is C10H20NO2S+. The molecule has 1 unspecified atom stereocenters. The van der Waals surface area contributed by atoms with E-state index in [1.165, 1.54) is 0 Å². The van der Waals surface area contributed by atoms with E-state index in [9.17, 15) is 4.79 Å². The van der Waals surface area contributed by atoms with E-state index >= 15 is 0 Å². The van der Waals surface area contributed by atoms with Crippen LogP contribution in [-0.4, -0.2) is 30.4 Å². The summed E-state index contributed by atoms with van der Waals surface area (Å²) in [5, 5.41) is 2.24. The maximum absolute atomic E-state index is 11.4. The summed E-state index contributed by atoms with van der Waals surface area (Å²) < 4.78 is 5.55. The number of carbonyl (C=O) groups is 1. The van der Waals surface area contributed by atoms with Gasteiger partial charge in [0.05, 0.1) is 13.0 Å². The summed E-state index contributed by atoms with van der Waals surface area (Å²) in [7, 11) is 0. The Bertz CT molecular complexity index is 191. The van der Waals surface area contributed by atoms with E-state index in [-0.39, 0.29) is 11.6 Å². The molecule has 1 aliphatic heterocycles. The molecule has 1 heterocycles. The number of piperidine rings is 1. The second kappa shape index (κ2) is 5.61. The molecule has 14 heavy (non-hydrogen) atoms. The predicted octanol–water partition coefficient (Wildman–Crippen LogP) is 0.356. The van der Waals surface area contributed by atoms with Gasteiger partial charge in [0.25, 0.3) is 0 Å². The van der Waals surface area contributed by atoms with Crippen LogP contribution < -0.4 is 5.32 Å². The Hall–Kier alpha value is -0.220. The predicted molar refractivity (Wildman–Crippen MR) is 58.5 cm³/mol. The lowest BCUT2D eigenvalue weighted by molar-refractivity contribution is -0.676. The van der Waals surface area contributed by atoms with Crippen LogP contribution in [0.2, 0.25) is 0 Å². The lowest BCUT2D eigenvalue weighted by atomic mass is 9.91. The van der Waals surface area contributed by atoms with Crippen molar-refractivity contribution in [2.45, 2.75) is 38.2 Å². The van der Waals surface area contributed by atoms with Crippen LogP contribution in [0.25, 0.3) is 0 Å². The third kappa shape index (κ3) is 3.17. The molecule has 0 radical (unpaired) electrons. The summed E-state index contributed by atoms with van der Waals surface area (Å²) in [6.45, 7) is 4.17. The number of hydrogen-bond donors (Lipinski definition) is 2. The fourth-order valence-corrected chi connectivity index (χ4v) is 2.09. The molecule has 1 fully saturated rings. The lowest BCUT2D eigenvalue weighted by Gasteiger charge is -2.33. The van der Waals surface area contributed by atoms with Gasteiger partial charge < -0.3 is 10.1 Å². The van der Waals surface area contributed by atoms with Crippen LogP contribution >= 0.6 is 12.6 Å². The first-order valence-electron chi connectivity index (χ1n) is 5.37. The Morgan fingerprint density at radius 3 is 2.93 bits per heavy atom. The topological polar surface area (TPSA) is 42.9 Å². The standard InChI is InChI=1S/C10H19NO2S/c1-2-10(5-3-6-11-8-10)13-9(12)4-7-14/h11,14H,2-8H2,1H3/p+1. The van der Waals surface area contributed by atoms with Crippen LogP contribution in [0, 0.1) is 0 Å². The minimum absolute atomic E-state index is 0.0999. The van der Waals surface area contributed by atoms with Crippen LogP contribution in [0.4, 0.5) is 0 Å². The molecule has 2 N–H and O–H groups in total. The molecule has 0 saturated carbocycles. The zero-order valence-corrected chi connectivity index (χ0v) is 9.69. The first kappa shape index (κ1) is 11.9. The maximum Gasteiger partial charge on any atom is 0.307 e. The second-order valence-electron chi connectivity index (χ2n) is 3.87. The van der Waals surface area contributed by atoms with Gasteiger partial charge >= 0.3 is 5.97 Å². The number of nitrogens with two attached hydrogens (primary N) is 1. The molecular weight excluding hydrogens is 198 g/mol. The van der Waals surface area contributed by atoms with Gasteiger partial charge in [-0.1, -0.05) is 6.92 Å². The molecule has 0 amide bonds. The molecule has 1 atom stereocenters. The quantitative estimate of drug-likeness (QED) is 0.528. The average molecular weight is 218 g/mol. The van der Waals surface area contributed by atoms with Gasteiger partial charge in [-0.25, -0.2) is 0 Å². The number of carbonyl (C=O) groups excluding carboxylic acids is 1. The fraction of sp³-hybridized carbons (Fsp3) is 0.900. The molecule has 0 aromatic heterocycles. The fourth-order valence-electron chi connectivity index (χ4n) is 1.91. The summed E-state index contributed by atoms with van der Waals surface area (Å²) in [6.07, 6.45) is 3.49. The van der Waals surface area contributed by atoms with Crippen molar-refractivity contribution in [3.05, 3.63) is 0 Å². The van der Waals surface area contributed by atoms with Crippen molar-refractivity contribution in [1.82, 2.24) is 0 Å². The molecule has 0 aromatic carbocycles. The van der Waals surface area contributed by atoms with Crippen molar-refractivity contribution in [2.24, 2.45) is 0 Å². The van der Waals surface area contributed by atoms with Gasteiger partial charge in [0.1, 0.15) is 6.54 Å². The largest absolute Gasteiger partial charge is 0.453 e. The van der Waals surface area contributed by atoms with Gasteiger partial charge in [0.2, 0.25) is 0 Å². The van der Waals surface area contributed by atoms with E-state index < -0.39 is 0 Å². The summed E-state index contributed by atoms with van der Waals surface area (Å²) in [5.74, 6) is 0.472. The van der Waals surface area contributed by atoms with Gasteiger partial charge in [-0.2, -0.15) is 12.6 Å². The van der Waals surface area contributed by atoms with Crippen molar-refractivity contribution < 1.29 is 14.8 Å². The summed E-state index contributed by atoms with van der Waals surface area (Å²) >= 11 is 4.03. The number of quaternary nitrogens is 1. The van der Waals surface area contributed by atoms with Crippen molar-refractivity contribution >= 4 is 18.6 Å². The molecule has 0 aromatic rings. The first-order chi connectivity index (χ1) is 6.72. The van der Waals surface area contributed by atoms with E-state index in [1.54, 1.807) is 0 Å². The second-order valence-corrected chi connectivity index (χ2v) is 4.32. The molecule has 0 bridgehead atoms. The third-order valence-electron chi connectivity index (χ3n) is 2.85. The minimum atomic E-state index is -0.196. The third-order valence-corrected chi connectivity index (χ3v) is 3.07. The number of rotatable bonds is 4. The smallest absolute Gasteiger partial charge is 0.307 e. The average Bonchev–Trinajstić information content (AvgIpc) is 2.19. The van der Waals surface area contributed by atoms with Gasteiger partial charge in [0.15, 0.2) is 5.60 Å². The Morgan fingerprint density at radius 1 is 1.64 bits per heavy atom. The number of hydrogen-bond acceptors (Lipinski definition) is 3. The zero-order valence-electron chi connectivity index (χ0n) is 8.79. The molecule has 4 heteroatoms. The Balaban J connectivity index is 2.47. The Labute approximate surface area is 91.0 Å². The molecule has 1 saturated heterocycles. The number of esters is 1. The zero-order chi connectivity index (χ0) is 10.4. The van der Waals surface area contributed by atoms with E-state index in [2.05, 4.69) is 24.9 Å². The highest BCUT2D eigenvalue weighted by Gasteiger charge is 2.36. The Morgan fingerprint density at radius 2 is 2.43 bits per heavy atom. The van der Waals surface area contributed by atoms with Crippen molar-refractivity contribution in [3.8, 4) is 0 Å². The summed E-state index contributed by atoms with van der Waals surface area (Å²) in [5.41, 5.74) is -0.196. The lowest BCUT2D eigenvalue weighted by Crippen LogP contribution is -2.90. The van der Waals surface area contributed by atoms with E-state index in [4.69, 9.17) is 4.74 Å². The first-order valence-corrected chi connectivity index (χ1v) is 6.00. The normalized spacial score (nSPS) is 27.3. The molecule has 82 valence electrons.